The van der Waals surface area contributed by atoms with E-state index < -0.39 is 10.0 Å². The van der Waals surface area contributed by atoms with Crippen LogP contribution in [0, 0.1) is 19.8 Å². The highest BCUT2D eigenvalue weighted by atomic mass is 32.2. The van der Waals surface area contributed by atoms with Crippen molar-refractivity contribution in [3.63, 3.8) is 0 Å². The summed E-state index contributed by atoms with van der Waals surface area (Å²) in [7, 11) is -3.73. The Hall–Kier alpha value is -3.37. The van der Waals surface area contributed by atoms with Gasteiger partial charge in [-0.3, -0.25) is 4.79 Å². The van der Waals surface area contributed by atoms with Gasteiger partial charge in [-0.2, -0.15) is 9.40 Å². The monoisotopic (exact) mass is 496 g/mol. The fourth-order valence-corrected chi connectivity index (χ4v) is 6.52. The Balaban J connectivity index is 1.22. The summed E-state index contributed by atoms with van der Waals surface area (Å²) in [6.07, 6.45) is 0.939. The second-order valence-corrected chi connectivity index (χ2v) is 10.7. The van der Waals surface area contributed by atoms with Gasteiger partial charge in [0.15, 0.2) is 11.5 Å². The Labute approximate surface area is 204 Å². The number of carbonyl (C=O) groups is 1. The minimum Gasteiger partial charge on any atom is -0.454 e. The third kappa shape index (κ3) is 4.51. The fraction of sp³-hybridized carbons (Fsp3) is 0.360. The van der Waals surface area contributed by atoms with Crippen molar-refractivity contribution < 1.29 is 22.7 Å². The van der Waals surface area contributed by atoms with E-state index in [1.807, 2.05) is 48.5 Å². The zero-order chi connectivity index (χ0) is 24.6. The van der Waals surface area contributed by atoms with Crippen LogP contribution >= 0.6 is 0 Å². The Morgan fingerprint density at radius 2 is 1.77 bits per heavy atom. The summed E-state index contributed by atoms with van der Waals surface area (Å²) in [5.74, 6) is 1.08. The predicted molar refractivity (Wildman–Crippen MR) is 129 cm³/mol. The molecular weight excluding hydrogens is 468 g/mol. The summed E-state index contributed by atoms with van der Waals surface area (Å²) in [4.78, 5) is 13.0. The van der Waals surface area contributed by atoms with Gasteiger partial charge in [-0.05, 0) is 56.5 Å². The number of nitrogens with zero attached hydrogens (tertiary/aromatic N) is 3. The summed E-state index contributed by atoms with van der Waals surface area (Å²) < 4.78 is 40.8. The van der Waals surface area contributed by atoms with E-state index in [-0.39, 0.29) is 23.5 Å². The lowest BCUT2D eigenvalue weighted by atomic mass is 9.97. The molecule has 2 aromatic carbocycles. The van der Waals surface area contributed by atoms with E-state index >= 15 is 0 Å². The quantitative estimate of drug-likeness (QED) is 0.563. The molecule has 0 radical (unpaired) electrons. The number of piperidine rings is 1. The van der Waals surface area contributed by atoms with Crippen molar-refractivity contribution in [3.05, 3.63) is 65.5 Å². The lowest BCUT2D eigenvalue weighted by Gasteiger charge is -2.30. The molecule has 2 aliphatic heterocycles. The number of aryl methyl sites for hydroxylation is 1. The van der Waals surface area contributed by atoms with Crippen molar-refractivity contribution >= 4 is 15.9 Å². The number of rotatable bonds is 6. The maximum absolute atomic E-state index is 13.5. The molecule has 1 fully saturated rings. The molecule has 1 aromatic heterocycles. The topological polar surface area (TPSA) is 103 Å². The third-order valence-corrected chi connectivity index (χ3v) is 8.70. The summed E-state index contributed by atoms with van der Waals surface area (Å²) in [5, 5.41) is 7.46. The van der Waals surface area contributed by atoms with Gasteiger partial charge in [0.25, 0.3) is 0 Å². The molecule has 5 rings (SSSR count). The zero-order valence-corrected chi connectivity index (χ0v) is 20.5. The molecule has 0 spiro atoms. The van der Waals surface area contributed by atoms with Crippen LogP contribution < -0.4 is 14.8 Å². The molecule has 35 heavy (non-hydrogen) atoms. The van der Waals surface area contributed by atoms with E-state index in [9.17, 15) is 13.2 Å². The summed E-state index contributed by atoms with van der Waals surface area (Å²) in [6.45, 7) is 4.66. The third-order valence-electron chi connectivity index (χ3n) is 6.55. The van der Waals surface area contributed by atoms with Gasteiger partial charge < -0.3 is 14.8 Å². The molecule has 0 aliphatic carbocycles. The number of hydrogen-bond acceptors (Lipinski definition) is 6. The van der Waals surface area contributed by atoms with Crippen molar-refractivity contribution in [1.82, 2.24) is 19.4 Å². The number of carbonyl (C=O) groups excluding carboxylic acids is 1. The number of aromatic nitrogens is 2. The molecule has 1 saturated heterocycles. The van der Waals surface area contributed by atoms with Gasteiger partial charge in [-0.15, -0.1) is 0 Å². The van der Waals surface area contributed by atoms with Crippen molar-refractivity contribution in [2.45, 2.75) is 38.1 Å². The second kappa shape index (κ2) is 9.35. The van der Waals surface area contributed by atoms with Crippen molar-refractivity contribution in [1.29, 1.82) is 0 Å². The number of benzene rings is 2. The first-order chi connectivity index (χ1) is 16.8. The molecule has 1 N–H and O–H groups in total. The molecule has 10 heteroatoms. The molecule has 0 atom stereocenters. The lowest BCUT2D eigenvalue weighted by Crippen LogP contribution is -2.43. The molecule has 0 saturated carbocycles. The molecule has 9 nitrogen and oxygen atoms in total. The van der Waals surface area contributed by atoms with E-state index in [1.165, 1.54) is 4.31 Å². The smallest absolute Gasteiger partial charge is 0.246 e. The van der Waals surface area contributed by atoms with Crippen LogP contribution in [0.3, 0.4) is 0 Å². The molecule has 0 unspecified atom stereocenters. The predicted octanol–water partition coefficient (Wildman–Crippen LogP) is 2.93. The van der Waals surface area contributed by atoms with Gasteiger partial charge in [-0.1, -0.05) is 24.3 Å². The SMILES string of the molecule is Cc1nn(-c2ccccc2)c(C)c1S(=O)(=O)N1CCC(C(=O)NCc2ccc3c(c2)OCO3)CC1. The highest BCUT2D eigenvalue weighted by Crippen LogP contribution is 2.33. The van der Waals surface area contributed by atoms with Crippen LogP contribution in [0.15, 0.2) is 53.4 Å². The Morgan fingerprint density at radius 1 is 1.06 bits per heavy atom. The summed E-state index contributed by atoms with van der Waals surface area (Å²) >= 11 is 0. The van der Waals surface area contributed by atoms with Crippen LogP contribution in [0.5, 0.6) is 11.5 Å². The van der Waals surface area contributed by atoms with Gasteiger partial charge >= 0.3 is 0 Å². The fourth-order valence-electron chi connectivity index (χ4n) is 4.69. The largest absolute Gasteiger partial charge is 0.454 e. The van der Waals surface area contributed by atoms with Crippen LogP contribution in [-0.4, -0.2) is 48.3 Å². The minimum absolute atomic E-state index is 0.0658. The van der Waals surface area contributed by atoms with Crippen molar-refractivity contribution in [2.75, 3.05) is 19.9 Å². The number of amides is 1. The van der Waals surface area contributed by atoms with Gasteiger partial charge in [0.05, 0.1) is 17.1 Å². The number of hydrogen-bond donors (Lipinski definition) is 1. The van der Waals surface area contributed by atoms with Gasteiger partial charge in [0.2, 0.25) is 22.7 Å². The number of para-hydroxylation sites is 1. The molecular formula is C25H28N4O5S. The van der Waals surface area contributed by atoms with E-state index in [2.05, 4.69) is 10.4 Å². The van der Waals surface area contributed by atoms with Gasteiger partial charge in [-0.25, -0.2) is 13.1 Å². The number of sulfonamides is 1. The number of nitrogens with one attached hydrogen (secondary N) is 1. The molecule has 3 aromatic rings. The standard InChI is InChI=1S/C25H28N4O5S/c1-17-24(18(2)29(27-17)21-6-4-3-5-7-21)35(31,32)28-12-10-20(11-13-28)25(30)26-15-19-8-9-22-23(14-19)34-16-33-22/h3-9,14,20H,10-13,15-16H2,1-2H3,(H,26,30). The average Bonchev–Trinajstić information content (AvgIpc) is 3.46. The highest BCUT2D eigenvalue weighted by molar-refractivity contribution is 7.89. The van der Waals surface area contributed by atoms with E-state index in [4.69, 9.17) is 9.47 Å². The van der Waals surface area contributed by atoms with Crippen LogP contribution in [-0.2, 0) is 21.4 Å². The summed E-state index contributed by atoms with van der Waals surface area (Å²) in [5.41, 5.74) is 2.78. The lowest BCUT2D eigenvalue weighted by molar-refractivity contribution is -0.126. The van der Waals surface area contributed by atoms with E-state index in [1.54, 1.807) is 18.5 Å². The highest BCUT2D eigenvalue weighted by Gasteiger charge is 2.35. The normalized spacial score (nSPS) is 16.4. The molecule has 184 valence electrons. The molecule has 1 amide bonds. The summed E-state index contributed by atoms with van der Waals surface area (Å²) in [6, 6.07) is 15.1. The van der Waals surface area contributed by atoms with Crippen LogP contribution in [0.4, 0.5) is 0 Å². The van der Waals surface area contributed by atoms with E-state index in [0.29, 0.717) is 55.4 Å². The Morgan fingerprint density at radius 3 is 2.51 bits per heavy atom. The van der Waals surface area contributed by atoms with Crippen LogP contribution in [0.1, 0.15) is 29.8 Å². The second-order valence-electron chi connectivity index (χ2n) is 8.83. The minimum atomic E-state index is -3.73. The first-order valence-electron chi connectivity index (χ1n) is 11.6. The Kier molecular flexibility index (Phi) is 6.24. The first-order valence-corrected chi connectivity index (χ1v) is 13.1. The first kappa shape index (κ1) is 23.4. The number of fused-ring (bicyclic) bond motifs is 1. The van der Waals surface area contributed by atoms with Crippen molar-refractivity contribution in [3.8, 4) is 17.2 Å². The van der Waals surface area contributed by atoms with Crippen molar-refractivity contribution in [2.24, 2.45) is 5.92 Å². The maximum Gasteiger partial charge on any atom is 0.246 e. The molecule has 3 heterocycles. The van der Waals surface area contributed by atoms with Crippen LogP contribution in [0.25, 0.3) is 5.69 Å². The number of ether oxygens (including phenoxy) is 2. The van der Waals surface area contributed by atoms with Crippen LogP contribution in [0.2, 0.25) is 0 Å². The van der Waals surface area contributed by atoms with Gasteiger partial charge in [0, 0.05) is 25.6 Å². The van der Waals surface area contributed by atoms with Gasteiger partial charge in [0.1, 0.15) is 4.90 Å². The Bertz CT molecular complexity index is 1350. The average molecular weight is 497 g/mol. The zero-order valence-electron chi connectivity index (χ0n) is 19.7. The van der Waals surface area contributed by atoms with E-state index in [0.717, 1.165) is 11.3 Å². The molecule has 2 aliphatic rings. The molecule has 0 bridgehead atoms. The maximum atomic E-state index is 13.5.